The maximum absolute atomic E-state index is 6.09. The summed E-state index contributed by atoms with van der Waals surface area (Å²) in [5.41, 5.74) is 2.05. The number of pyridine rings is 1. The molecule has 3 aromatic rings. The molecule has 30 heavy (non-hydrogen) atoms. The highest BCUT2D eigenvalue weighted by atomic mass is 16.5. The third kappa shape index (κ3) is 4.63. The summed E-state index contributed by atoms with van der Waals surface area (Å²) < 4.78 is 17.2. The number of nitrogens with one attached hydrogen (secondary N) is 2. The van der Waals surface area contributed by atoms with Gasteiger partial charge in [0.1, 0.15) is 5.82 Å². The Balaban J connectivity index is 1.52. The first-order chi connectivity index (χ1) is 14.8. The lowest BCUT2D eigenvalue weighted by Gasteiger charge is -2.15. The standard InChI is InChI=1S/C23H32N4O3/c1-3-29-14-9-25-23-22-17-15-20(28-2)21(16-19(17)26-18(22)7-8-24-23)30-13-6-12-27-10-4-5-11-27/h7-8,15-16,26H,3-6,9-14H2,1-2H3,(H,24,25). The fraction of sp³-hybridized carbons (Fsp3) is 0.522. The zero-order valence-electron chi connectivity index (χ0n) is 18.0. The Morgan fingerprint density at radius 3 is 2.80 bits per heavy atom. The van der Waals surface area contributed by atoms with E-state index in [2.05, 4.69) is 20.2 Å². The van der Waals surface area contributed by atoms with Crippen molar-refractivity contribution in [2.75, 3.05) is 58.4 Å². The molecule has 0 atom stereocenters. The van der Waals surface area contributed by atoms with E-state index in [1.807, 2.05) is 31.3 Å². The number of methoxy groups -OCH3 is 1. The molecule has 0 saturated carbocycles. The first-order valence-electron chi connectivity index (χ1n) is 11.0. The summed E-state index contributed by atoms with van der Waals surface area (Å²) in [6.07, 6.45) is 5.48. The van der Waals surface area contributed by atoms with Crippen molar-refractivity contribution in [3.8, 4) is 11.5 Å². The molecule has 3 heterocycles. The van der Waals surface area contributed by atoms with Crippen LogP contribution in [0, 0.1) is 0 Å². The lowest BCUT2D eigenvalue weighted by molar-refractivity contribution is 0.158. The largest absolute Gasteiger partial charge is 0.493 e. The third-order valence-corrected chi connectivity index (χ3v) is 5.61. The number of rotatable bonds is 11. The monoisotopic (exact) mass is 412 g/mol. The molecule has 2 N–H and O–H groups in total. The SMILES string of the molecule is CCOCCNc1nccc2[nH]c3cc(OCCCN4CCCC4)c(OC)cc3c12. The number of anilines is 1. The predicted octanol–water partition coefficient (Wildman–Crippen LogP) is 4.04. The van der Waals surface area contributed by atoms with Crippen LogP contribution in [0.5, 0.6) is 11.5 Å². The summed E-state index contributed by atoms with van der Waals surface area (Å²) in [6.45, 7) is 8.29. The zero-order valence-corrected chi connectivity index (χ0v) is 18.0. The Morgan fingerprint density at radius 2 is 2.00 bits per heavy atom. The number of benzene rings is 1. The van der Waals surface area contributed by atoms with Gasteiger partial charge in [0, 0.05) is 42.7 Å². The van der Waals surface area contributed by atoms with Gasteiger partial charge in [-0.2, -0.15) is 0 Å². The Bertz CT molecular complexity index is 966. The molecular weight excluding hydrogens is 380 g/mol. The van der Waals surface area contributed by atoms with Crippen molar-refractivity contribution in [2.24, 2.45) is 0 Å². The maximum atomic E-state index is 6.09. The molecule has 7 heteroatoms. The number of nitrogens with zero attached hydrogens (tertiary/aromatic N) is 2. The summed E-state index contributed by atoms with van der Waals surface area (Å²) in [6, 6.07) is 6.07. The van der Waals surface area contributed by atoms with Gasteiger partial charge in [0.25, 0.3) is 0 Å². The molecule has 1 aliphatic rings. The van der Waals surface area contributed by atoms with E-state index in [1.165, 1.54) is 25.9 Å². The number of hydrogen-bond donors (Lipinski definition) is 2. The van der Waals surface area contributed by atoms with Gasteiger partial charge in [-0.25, -0.2) is 4.98 Å². The molecule has 4 rings (SSSR count). The molecule has 2 aromatic heterocycles. The van der Waals surface area contributed by atoms with Crippen molar-refractivity contribution in [2.45, 2.75) is 26.2 Å². The highest BCUT2D eigenvalue weighted by molar-refractivity contribution is 6.13. The molecule has 0 unspecified atom stereocenters. The van der Waals surface area contributed by atoms with Crippen LogP contribution in [0.25, 0.3) is 21.8 Å². The van der Waals surface area contributed by atoms with E-state index < -0.39 is 0 Å². The Labute approximate surface area is 177 Å². The fourth-order valence-electron chi connectivity index (χ4n) is 4.12. The molecule has 0 radical (unpaired) electrons. The molecule has 162 valence electrons. The third-order valence-electron chi connectivity index (χ3n) is 5.61. The normalized spacial score (nSPS) is 14.6. The van der Waals surface area contributed by atoms with E-state index in [4.69, 9.17) is 14.2 Å². The van der Waals surface area contributed by atoms with Gasteiger partial charge in [0.15, 0.2) is 11.5 Å². The second kappa shape index (κ2) is 10.00. The summed E-state index contributed by atoms with van der Waals surface area (Å²) in [7, 11) is 1.69. The number of H-pyrrole nitrogens is 1. The van der Waals surface area contributed by atoms with E-state index in [9.17, 15) is 0 Å². The maximum Gasteiger partial charge on any atom is 0.163 e. The van der Waals surface area contributed by atoms with Crippen LogP contribution in [-0.4, -0.2) is 68.0 Å². The van der Waals surface area contributed by atoms with Crippen LogP contribution in [0.3, 0.4) is 0 Å². The molecule has 7 nitrogen and oxygen atoms in total. The Kier molecular flexibility index (Phi) is 6.92. The summed E-state index contributed by atoms with van der Waals surface area (Å²) in [4.78, 5) is 10.5. The van der Waals surface area contributed by atoms with E-state index in [-0.39, 0.29) is 0 Å². The number of likely N-dealkylation sites (tertiary alicyclic amines) is 1. The summed E-state index contributed by atoms with van der Waals surface area (Å²) in [5.74, 6) is 2.37. The van der Waals surface area contributed by atoms with E-state index >= 15 is 0 Å². The smallest absolute Gasteiger partial charge is 0.163 e. The molecule has 0 amide bonds. The summed E-state index contributed by atoms with van der Waals surface area (Å²) in [5, 5.41) is 5.51. The second-order valence-electron chi connectivity index (χ2n) is 7.63. The van der Waals surface area contributed by atoms with Crippen LogP contribution in [0.1, 0.15) is 26.2 Å². The van der Waals surface area contributed by atoms with Crippen molar-refractivity contribution in [3.05, 3.63) is 24.4 Å². The predicted molar refractivity (Wildman–Crippen MR) is 121 cm³/mol. The second-order valence-corrected chi connectivity index (χ2v) is 7.63. The average Bonchev–Trinajstić information content (AvgIpc) is 3.41. The van der Waals surface area contributed by atoms with Crippen LogP contribution >= 0.6 is 0 Å². The molecule has 0 spiro atoms. The molecule has 0 bridgehead atoms. The lowest BCUT2D eigenvalue weighted by Crippen LogP contribution is -2.21. The van der Waals surface area contributed by atoms with Gasteiger partial charge < -0.3 is 29.4 Å². The Hall–Kier alpha value is -2.51. The van der Waals surface area contributed by atoms with E-state index in [1.54, 1.807) is 7.11 Å². The minimum absolute atomic E-state index is 0.648. The zero-order chi connectivity index (χ0) is 20.8. The highest BCUT2D eigenvalue weighted by Gasteiger charge is 2.15. The van der Waals surface area contributed by atoms with Gasteiger partial charge in [-0.15, -0.1) is 0 Å². The van der Waals surface area contributed by atoms with Crippen LogP contribution in [0.4, 0.5) is 5.82 Å². The number of hydrogen-bond acceptors (Lipinski definition) is 6. The van der Waals surface area contributed by atoms with Gasteiger partial charge in [-0.05, 0) is 51.4 Å². The van der Waals surface area contributed by atoms with Gasteiger partial charge >= 0.3 is 0 Å². The number of ether oxygens (including phenoxy) is 3. The minimum atomic E-state index is 0.648. The minimum Gasteiger partial charge on any atom is -0.493 e. The van der Waals surface area contributed by atoms with Crippen LogP contribution in [0.2, 0.25) is 0 Å². The average molecular weight is 413 g/mol. The number of aromatic amines is 1. The summed E-state index contributed by atoms with van der Waals surface area (Å²) >= 11 is 0. The molecule has 1 aromatic carbocycles. The molecule has 1 saturated heterocycles. The number of aromatic nitrogens is 2. The van der Waals surface area contributed by atoms with Gasteiger partial charge in [0.2, 0.25) is 0 Å². The van der Waals surface area contributed by atoms with Crippen molar-refractivity contribution in [3.63, 3.8) is 0 Å². The van der Waals surface area contributed by atoms with Gasteiger partial charge in [0.05, 0.1) is 31.4 Å². The van der Waals surface area contributed by atoms with E-state index in [0.29, 0.717) is 26.4 Å². The molecule has 1 aliphatic heterocycles. The van der Waals surface area contributed by atoms with Crippen LogP contribution in [-0.2, 0) is 4.74 Å². The molecule has 1 fully saturated rings. The van der Waals surface area contributed by atoms with Crippen LogP contribution < -0.4 is 14.8 Å². The van der Waals surface area contributed by atoms with Crippen molar-refractivity contribution < 1.29 is 14.2 Å². The fourth-order valence-corrected chi connectivity index (χ4v) is 4.12. The lowest BCUT2D eigenvalue weighted by atomic mass is 10.1. The molecule has 0 aliphatic carbocycles. The topological polar surface area (TPSA) is 71.6 Å². The van der Waals surface area contributed by atoms with Crippen molar-refractivity contribution in [1.29, 1.82) is 0 Å². The van der Waals surface area contributed by atoms with Gasteiger partial charge in [-0.3, -0.25) is 0 Å². The Morgan fingerprint density at radius 1 is 1.13 bits per heavy atom. The van der Waals surface area contributed by atoms with Crippen molar-refractivity contribution in [1.82, 2.24) is 14.9 Å². The first-order valence-corrected chi connectivity index (χ1v) is 11.0. The first kappa shape index (κ1) is 20.8. The van der Waals surface area contributed by atoms with Gasteiger partial charge in [-0.1, -0.05) is 0 Å². The number of fused-ring (bicyclic) bond motifs is 3. The quantitative estimate of drug-likeness (QED) is 0.463. The molecular formula is C23H32N4O3. The van der Waals surface area contributed by atoms with Crippen molar-refractivity contribution >= 4 is 27.6 Å². The van der Waals surface area contributed by atoms with Crippen LogP contribution in [0.15, 0.2) is 24.4 Å². The van der Waals surface area contributed by atoms with E-state index in [0.717, 1.165) is 52.1 Å². The highest BCUT2D eigenvalue weighted by Crippen LogP contribution is 2.38.